The molecule has 2 heterocycles. The van der Waals surface area contributed by atoms with E-state index in [1.54, 1.807) is 4.68 Å². The van der Waals surface area contributed by atoms with E-state index in [1.165, 1.54) is 0 Å². The summed E-state index contributed by atoms with van der Waals surface area (Å²) in [5.41, 5.74) is 2.33. The predicted octanol–water partition coefficient (Wildman–Crippen LogP) is 5.39. The highest BCUT2D eigenvalue weighted by atomic mass is 35.5. The lowest BCUT2D eigenvalue weighted by Crippen LogP contribution is -2.42. The predicted molar refractivity (Wildman–Crippen MR) is 111 cm³/mol. The van der Waals surface area contributed by atoms with E-state index in [2.05, 4.69) is 50.3 Å². The molecule has 1 atom stereocenters. The number of fused-ring (bicyclic) bond motifs is 1. The van der Waals surface area contributed by atoms with Crippen molar-refractivity contribution in [2.45, 2.75) is 44.8 Å². The second-order valence-corrected chi connectivity index (χ2v) is 13.5. The number of hydrogen-bond acceptors (Lipinski definition) is 4. The molecule has 27 heavy (non-hydrogen) atoms. The summed E-state index contributed by atoms with van der Waals surface area (Å²) in [7, 11) is -0.283. The van der Waals surface area contributed by atoms with Gasteiger partial charge in [0.2, 0.25) is 0 Å². The molecule has 0 saturated carbocycles. The normalized spacial score (nSPS) is 17.2. The van der Waals surface area contributed by atoms with Crippen LogP contribution in [0.3, 0.4) is 0 Å². The van der Waals surface area contributed by atoms with Crippen LogP contribution < -0.4 is 5.32 Å². The van der Waals surface area contributed by atoms with Crippen LogP contribution in [0.25, 0.3) is 0 Å². The highest BCUT2D eigenvalue weighted by Gasteiger charge is 2.42. The third kappa shape index (κ3) is 3.49. The molecule has 0 bridgehead atoms. The Kier molecular flexibility index (Phi) is 4.87. The van der Waals surface area contributed by atoms with Crippen molar-refractivity contribution in [3.63, 3.8) is 0 Å². The molecule has 1 aliphatic heterocycles. The Hall–Kier alpha value is -2.23. The average Bonchev–Trinajstić information content (AvgIpc) is 2.92. The molecule has 0 amide bonds. The molecule has 2 aromatic rings. The van der Waals surface area contributed by atoms with Gasteiger partial charge in [-0.05, 0) is 29.8 Å². The lowest BCUT2D eigenvalue weighted by atomic mass is 9.85. The van der Waals surface area contributed by atoms with E-state index >= 15 is 0 Å². The van der Waals surface area contributed by atoms with Crippen molar-refractivity contribution in [3.05, 3.63) is 58.1 Å². The Bertz CT molecular complexity index is 950. The largest absolute Gasteiger partial charge is 0.531 e. The maximum Gasteiger partial charge on any atom is 0.252 e. The van der Waals surface area contributed by atoms with Crippen molar-refractivity contribution in [1.82, 2.24) is 9.78 Å². The molecular formula is C20H25ClN4OSi. The molecule has 1 N–H and O–H groups in total. The van der Waals surface area contributed by atoms with Gasteiger partial charge in [-0.3, -0.25) is 4.68 Å². The quantitative estimate of drug-likeness (QED) is 0.701. The van der Waals surface area contributed by atoms with Gasteiger partial charge in [-0.1, -0.05) is 50.6 Å². The number of anilines is 1. The fraction of sp³-hybridized carbons (Fsp3) is 0.400. The summed E-state index contributed by atoms with van der Waals surface area (Å²) in [5.74, 6) is 0.892. The molecule has 142 valence electrons. The van der Waals surface area contributed by atoms with Crippen molar-refractivity contribution in [1.29, 1.82) is 5.26 Å². The number of nitrogens with zero attached hydrogens (tertiary/aromatic N) is 3. The number of halogens is 1. The molecule has 1 aromatic heterocycles. The van der Waals surface area contributed by atoms with E-state index in [9.17, 15) is 5.26 Å². The summed E-state index contributed by atoms with van der Waals surface area (Å²) in [5, 5.41) is 18.4. The zero-order chi connectivity index (χ0) is 20.0. The van der Waals surface area contributed by atoms with E-state index in [1.807, 2.05) is 37.5 Å². The van der Waals surface area contributed by atoms with Gasteiger partial charge in [0.05, 0.1) is 5.92 Å². The Morgan fingerprint density at radius 3 is 2.52 bits per heavy atom. The SMILES string of the molecule is Cn1cc2c(n1)NC(O[Si](C)(C)C(C)(C)C)=C(C#N)C2c1ccccc1Cl. The lowest BCUT2D eigenvalue weighted by Gasteiger charge is -2.39. The minimum atomic E-state index is -2.15. The van der Waals surface area contributed by atoms with Crippen molar-refractivity contribution >= 4 is 25.7 Å². The number of nitrogens with one attached hydrogen (secondary N) is 1. The Balaban J connectivity index is 2.18. The summed E-state index contributed by atoms with van der Waals surface area (Å²) < 4.78 is 8.24. The smallest absolute Gasteiger partial charge is 0.252 e. The minimum Gasteiger partial charge on any atom is -0.531 e. The second kappa shape index (κ2) is 6.74. The Morgan fingerprint density at radius 1 is 1.26 bits per heavy atom. The molecule has 0 saturated heterocycles. The number of hydrogen-bond donors (Lipinski definition) is 1. The first-order valence-corrected chi connectivity index (χ1v) is 12.2. The minimum absolute atomic E-state index is 0.00648. The highest BCUT2D eigenvalue weighted by Crippen LogP contribution is 2.45. The van der Waals surface area contributed by atoms with Crippen LogP contribution in [0.5, 0.6) is 0 Å². The van der Waals surface area contributed by atoms with E-state index in [0.29, 0.717) is 22.3 Å². The van der Waals surface area contributed by atoms with Gasteiger partial charge in [-0.2, -0.15) is 10.4 Å². The number of allylic oxidation sites excluding steroid dienone is 1. The van der Waals surface area contributed by atoms with Crippen LogP contribution in [0.1, 0.15) is 37.8 Å². The van der Waals surface area contributed by atoms with Crippen LogP contribution in [0.4, 0.5) is 5.82 Å². The van der Waals surface area contributed by atoms with Gasteiger partial charge in [0.25, 0.3) is 8.32 Å². The number of nitriles is 1. The van der Waals surface area contributed by atoms with Crippen LogP contribution in [-0.2, 0) is 11.5 Å². The van der Waals surface area contributed by atoms with Gasteiger partial charge in [0, 0.05) is 23.8 Å². The van der Waals surface area contributed by atoms with Crippen LogP contribution >= 0.6 is 11.6 Å². The number of aryl methyl sites for hydroxylation is 1. The van der Waals surface area contributed by atoms with Crippen molar-refractivity contribution in [2.24, 2.45) is 7.05 Å². The number of aromatic nitrogens is 2. The Labute approximate surface area is 166 Å². The molecule has 5 nitrogen and oxygen atoms in total. The number of rotatable bonds is 3. The first-order valence-electron chi connectivity index (χ1n) is 8.93. The summed E-state index contributed by atoms with van der Waals surface area (Å²) in [6.45, 7) is 10.8. The Morgan fingerprint density at radius 2 is 1.93 bits per heavy atom. The van der Waals surface area contributed by atoms with E-state index in [0.717, 1.165) is 11.1 Å². The van der Waals surface area contributed by atoms with Gasteiger partial charge in [-0.25, -0.2) is 0 Å². The van der Waals surface area contributed by atoms with Gasteiger partial charge in [0.1, 0.15) is 11.6 Å². The van der Waals surface area contributed by atoms with Gasteiger partial charge in [0.15, 0.2) is 11.7 Å². The average molecular weight is 401 g/mol. The van der Waals surface area contributed by atoms with E-state index in [4.69, 9.17) is 16.0 Å². The standard InChI is InChI=1S/C20H25ClN4OSi/c1-20(2,3)27(5,6)26-19-14(11-22)17(13-9-7-8-10-16(13)21)15-12-25(4)24-18(15)23-19/h7-10,12,17H,1-6H3,(H,23,24). The highest BCUT2D eigenvalue weighted by molar-refractivity contribution is 6.74. The molecule has 3 rings (SSSR count). The zero-order valence-electron chi connectivity index (χ0n) is 16.6. The molecule has 0 radical (unpaired) electrons. The molecule has 0 fully saturated rings. The molecule has 0 spiro atoms. The van der Waals surface area contributed by atoms with Crippen molar-refractivity contribution in [2.75, 3.05) is 5.32 Å². The molecular weight excluding hydrogens is 376 g/mol. The first kappa shape index (κ1) is 19.5. The van der Waals surface area contributed by atoms with E-state index in [-0.39, 0.29) is 11.0 Å². The summed E-state index contributed by atoms with van der Waals surface area (Å²) in [4.78, 5) is 0. The maximum absolute atomic E-state index is 10.0. The fourth-order valence-corrected chi connectivity index (χ4v) is 4.14. The topological polar surface area (TPSA) is 62.9 Å². The molecule has 0 aliphatic carbocycles. The summed E-state index contributed by atoms with van der Waals surface area (Å²) >= 11 is 6.49. The van der Waals surface area contributed by atoms with Gasteiger partial charge >= 0.3 is 0 Å². The third-order valence-electron chi connectivity index (χ3n) is 5.43. The summed E-state index contributed by atoms with van der Waals surface area (Å²) in [6, 6.07) is 9.99. The second-order valence-electron chi connectivity index (χ2n) is 8.40. The fourth-order valence-electron chi connectivity index (χ4n) is 2.91. The van der Waals surface area contributed by atoms with Gasteiger partial charge < -0.3 is 9.74 Å². The van der Waals surface area contributed by atoms with Crippen LogP contribution in [0.15, 0.2) is 41.9 Å². The van der Waals surface area contributed by atoms with Crippen LogP contribution in [-0.4, -0.2) is 18.1 Å². The lowest BCUT2D eigenvalue weighted by molar-refractivity contribution is 0.382. The third-order valence-corrected chi connectivity index (χ3v) is 10.1. The molecule has 1 aromatic carbocycles. The zero-order valence-corrected chi connectivity index (χ0v) is 18.3. The van der Waals surface area contributed by atoms with E-state index < -0.39 is 8.32 Å². The van der Waals surface area contributed by atoms with Crippen LogP contribution in [0, 0.1) is 11.3 Å². The molecule has 7 heteroatoms. The molecule has 1 aliphatic rings. The monoisotopic (exact) mass is 400 g/mol. The first-order chi connectivity index (χ1) is 12.5. The van der Waals surface area contributed by atoms with Crippen LogP contribution in [0.2, 0.25) is 23.2 Å². The maximum atomic E-state index is 10.0. The van der Waals surface area contributed by atoms with Gasteiger partial charge in [-0.15, -0.1) is 0 Å². The van der Waals surface area contributed by atoms with Crippen molar-refractivity contribution < 1.29 is 4.43 Å². The van der Waals surface area contributed by atoms with Crippen molar-refractivity contribution in [3.8, 4) is 6.07 Å². The molecule has 1 unspecified atom stereocenters. The summed E-state index contributed by atoms with van der Waals surface area (Å²) in [6.07, 6.45) is 1.93. The number of benzene rings is 1.